The number of carbonyl (C=O) groups is 1. The summed E-state index contributed by atoms with van der Waals surface area (Å²) in [6.07, 6.45) is 1.98. The molecule has 1 aromatic heterocycles. The smallest absolute Gasteiger partial charge is 0.283 e. The van der Waals surface area contributed by atoms with Crippen LogP contribution >= 0.6 is 0 Å². The topological polar surface area (TPSA) is 91.5 Å². The molecule has 1 amide bonds. The Hall–Kier alpha value is -1.50. The summed E-state index contributed by atoms with van der Waals surface area (Å²) in [7, 11) is 0. The maximum atomic E-state index is 11.4. The molecule has 1 aliphatic rings. The first-order chi connectivity index (χ1) is 9.22. The highest BCUT2D eigenvalue weighted by Gasteiger charge is 2.22. The number of hydrogen-bond donors (Lipinski definition) is 3. The number of hydrazine groups is 1. The van der Waals surface area contributed by atoms with Crippen LogP contribution in [0.1, 0.15) is 29.0 Å². The number of nitrogens with two attached hydrogens (primary N) is 1. The summed E-state index contributed by atoms with van der Waals surface area (Å²) in [5.41, 5.74) is 3.29. The number of amides is 1. The molecule has 0 saturated carbocycles. The van der Waals surface area contributed by atoms with E-state index >= 15 is 0 Å². The zero-order valence-electron chi connectivity index (χ0n) is 10.9. The molecular formula is C13H20N4O2. The second kappa shape index (κ2) is 6.60. The zero-order chi connectivity index (χ0) is 13.7. The fraction of sp³-hybridized carbons (Fsp3) is 0.538. The molecule has 1 atom stereocenters. The molecule has 4 N–H and O–H groups in total. The second-order valence-electron chi connectivity index (χ2n) is 4.89. The van der Waals surface area contributed by atoms with Crippen LogP contribution in [0.4, 0.5) is 0 Å². The number of hydrogen-bond acceptors (Lipinski definition) is 5. The number of carbonyl (C=O) groups excluding carboxylic acids is 1. The van der Waals surface area contributed by atoms with Crippen molar-refractivity contribution < 1.29 is 9.90 Å². The molecule has 6 heteroatoms. The van der Waals surface area contributed by atoms with E-state index < -0.39 is 0 Å². The standard InChI is InChI=1S/C13H20N4O2/c14-16-13(19)12-3-1-2-11(15-12)9-17-6-4-10(8-17)5-7-18/h1-3,10,18H,4-9,14H2,(H,16,19). The molecule has 0 spiro atoms. The lowest BCUT2D eigenvalue weighted by molar-refractivity contribution is 0.0948. The number of nitrogens with zero attached hydrogens (tertiary/aromatic N) is 2. The predicted molar refractivity (Wildman–Crippen MR) is 71.0 cm³/mol. The van der Waals surface area contributed by atoms with E-state index in [1.54, 1.807) is 6.07 Å². The van der Waals surface area contributed by atoms with E-state index in [1.165, 1.54) is 0 Å². The van der Waals surface area contributed by atoms with Crippen LogP contribution in [0.15, 0.2) is 18.2 Å². The van der Waals surface area contributed by atoms with Crippen molar-refractivity contribution in [3.8, 4) is 0 Å². The number of pyridine rings is 1. The van der Waals surface area contributed by atoms with E-state index in [0.29, 0.717) is 11.6 Å². The van der Waals surface area contributed by atoms with Gasteiger partial charge in [-0.2, -0.15) is 0 Å². The third kappa shape index (κ3) is 3.73. The molecule has 0 radical (unpaired) electrons. The minimum absolute atomic E-state index is 0.253. The fourth-order valence-corrected chi connectivity index (χ4v) is 2.47. The Morgan fingerprint density at radius 1 is 1.58 bits per heavy atom. The summed E-state index contributed by atoms with van der Waals surface area (Å²) in [5, 5.41) is 8.94. The number of likely N-dealkylation sites (tertiary alicyclic amines) is 1. The molecule has 1 saturated heterocycles. The van der Waals surface area contributed by atoms with Gasteiger partial charge in [0.05, 0.1) is 5.69 Å². The van der Waals surface area contributed by atoms with Gasteiger partial charge in [0.1, 0.15) is 5.69 Å². The molecular weight excluding hydrogens is 244 g/mol. The first kappa shape index (κ1) is 13.9. The Morgan fingerprint density at radius 3 is 3.16 bits per heavy atom. The molecule has 0 aromatic carbocycles. The van der Waals surface area contributed by atoms with Gasteiger partial charge < -0.3 is 5.11 Å². The average Bonchev–Trinajstić information content (AvgIpc) is 2.86. The monoisotopic (exact) mass is 264 g/mol. The Kier molecular flexibility index (Phi) is 4.84. The summed E-state index contributed by atoms with van der Waals surface area (Å²) in [5.74, 6) is 5.29. The van der Waals surface area contributed by atoms with Crippen molar-refractivity contribution in [2.24, 2.45) is 11.8 Å². The van der Waals surface area contributed by atoms with Crippen LogP contribution in [0.5, 0.6) is 0 Å². The molecule has 6 nitrogen and oxygen atoms in total. The largest absolute Gasteiger partial charge is 0.396 e. The minimum Gasteiger partial charge on any atom is -0.396 e. The van der Waals surface area contributed by atoms with Crippen molar-refractivity contribution in [2.75, 3.05) is 19.7 Å². The number of aliphatic hydroxyl groups excluding tert-OH is 1. The molecule has 104 valence electrons. The van der Waals surface area contributed by atoms with Gasteiger partial charge in [0, 0.05) is 19.7 Å². The van der Waals surface area contributed by atoms with Crippen molar-refractivity contribution in [1.29, 1.82) is 0 Å². The zero-order valence-corrected chi connectivity index (χ0v) is 10.9. The van der Waals surface area contributed by atoms with Crippen molar-refractivity contribution in [3.05, 3.63) is 29.6 Å². The summed E-state index contributed by atoms with van der Waals surface area (Å²) in [4.78, 5) is 18.0. The Labute approximate surface area is 112 Å². The number of nitrogen functional groups attached to an aromatic ring is 1. The van der Waals surface area contributed by atoms with Crippen LogP contribution in [0.2, 0.25) is 0 Å². The predicted octanol–water partition coefficient (Wildman–Crippen LogP) is -0.111. The van der Waals surface area contributed by atoms with Gasteiger partial charge in [0.15, 0.2) is 0 Å². The highest BCUT2D eigenvalue weighted by molar-refractivity contribution is 5.91. The number of nitrogens with one attached hydrogen (secondary N) is 1. The third-order valence-corrected chi connectivity index (χ3v) is 3.46. The second-order valence-corrected chi connectivity index (χ2v) is 4.89. The highest BCUT2D eigenvalue weighted by Crippen LogP contribution is 2.20. The summed E-state index contributed by atoms with van der Waals surface area (Å²) >= 11 is 0. The van der Waals surface area contributed by atoms with Crippen molar-refractivity contribution in [2.45, 2.75) is 19.4 Å². The molecule has 0 bridgehead atoms. The molecule has 2 heterocycles. The van der Waals surface area contributed by atoms with Gasteiger partial charge in [-0.05, 0) is 37.4 Å². The Morgan fingerprint density at radius 2 is 2.42 bits per heavy atom. The van der Waals surface area contributed by atoms with E-state index in [-0.39, 0.29) is 12.5 Å². The van der Waals surface area contributed by atoms with Crippen LogP contribution in [-0.4, -0.2) is 40.6 Å². The quantitative estimate of drug-likeness (QED) is 0.392. The fourth-order valence-electron chi connectivity index (χ4n) is 2.47. The minimum atomic E-state index is -0.374. The van der Waals surface area contributed by atoms with E-state index in [4.69, 9.17) is 10.9 Å². The van der Waals surface area contributed by atoms with Crippen molar-refractivity contribution >= 4 is 5.91 Å². The van der Waals surface area contributed by atoms with Crippen LogP contribution in [0.25, 0.3) is 0 Å². The van der Waals surface area contributed by atoms with Gasteiger partial charge in [-0.15, -0.1) is 0 Å². The third-order valence-electron chi connectivity index (χ3n) is 3.46. The van der Waals surface area contributed by atoms with E-state index in [0.717, 1.165) is 38.2 Å². The molecule has 0 aliphatic carbocycles. The van der Waals surface area contributed by atoms with Crippen LogP contribution in [-0.2, 0) is 6.54 Å². The van der Waals surface area contributed by atoms with E-state index in [1.807, 2.05) is 12.1 Å². The molecule has 19 heavy (non-hydrogen) atoms. The summed E-state index contributed by atoms with van der Waals surface area (Å²) < 4.78 is 0. The SMILES string of the molecule is NNC(=O)c1cccc(CN2CCC(CCO)C2)n1. The van der Waals surface area contributed by atoms with Gasteiger partial charge >= 0.3 is 0 Å². The number of aromatic nitrogens is 1. The van der Waals surface area contributed by atoms with Gasteiger partial charge in [-0.1, -0.05) is 6.07 Å². The molecule has 1 unspecified atom stereocenters. The molecule has 1 aromatic rings. The van der Waals surface area contributed by atoms with Gasteiger partial charge in [-0.25, -0.2) is 10.8 Å². The highest BCUT2D eigenvalue weighted by atomic mass is 16.3. The average molecular weight is 264 g/mol. The maximum absolute atomic E-state index is 11.4. The lowest BCUT2D eigenvalue weighted by atomic mass is 10.1. The van der Waals surface area contributed by atoms with Crippen LogP contribution < -0.4 is 11.3 Å². The Bertz CT molecular complexity index is 438. The van der Waals surface area contributed by atoms with E-state index in [9.17, 15) is 4.79 Å². The summed E-state index contributed by atoms with van der Waals surface area (Å²) in [6, 6.07) is 5.37. The maximum Gasteiger partial charge on any atom is 0.283 e. The van der Waals surface area contributed by atoms with Gasteiger partial charge in [-0.3, -0.25) is 15.1 Å². The normalized spacial score (nSPS) is 19.6. The lowest BCUT2D eigenvalue weighted by Crippen LogP contribution is -2.31. The summed E-state index contributed by atoms with van der Waals surface area (Å²) in [6.45, 7) is 2.98. The molecule has 2 rings (SSSR count). The van der Waals surface area contributed by atoms with E-state index in [2.05, 4.69) is 15.3 Å². The first-order valence-electron chi connectivity index (χ1n) is 6.53. The first-order valence-corrected chi connectivity index (χ1v) is 6.53. The molecule has 1 aliphatic heterocycles. The van der Waals surface area contributed by atoms with Gasteiger partial charge in [0.25, 0.3) is 5.91 Å². The van der Waals surface area contributed by atoms with Crippen molar-refractivity contribution in [1.82, 2.24) is 15.3 Å². The number of aliphatic hydroxyl groups is 1. The molecule has 1 fully saturated rings. The lowest BCUT2D eigenvalue weighted by Gasteiger charge is -2.15. The van der Waals surface area contributed by atoms with Gasteiger partial charge in [0.2, 0.25) is 0 Å². The number of rotatable bonds is 5. The van der Waals surface area contributed by atoms with Crippen molar-refractivity contribution in [3.63, 3.8) is 0 Å². The van der Waals surface area contributed by atoms with Crippen LogP contribution in [0, 0.1) is 5.92 Å². The Balaban J connectivity index is 1.94. The van der Waals surface area contributed by atoms with Crippen LogP contribution in [0.3, 0.4) is 0 Å².